The summed E-state index contributed by atoms with van der Waals surface area (Å²) in [7, 11) is 1.93. The Labute approximate surface area is 157 Å². The van der Waals surface area contributed by atoms with E-state index in [1.165, 1.54) is 36.3 Å². The third-order valence-corrected chi connectivity index (χ3v) is 6.77. The average molecular weight is 373 g/mol. The maximum atomic E-state index is 13.1. The molecule has 2 aromatic rings. The van der Waals surface area contributed by atoms with Crippen molar-refractivity contribution in [2.45, 2.75) is 57.2 Å². The summed E-state index contributed by atoms with van der Waals surface area (Å²) in [5.41, 5.74) is 1.79. The molecule has 2 saturated heterocycles. The Balaban J connectivity index is 1.47. The van der Waals surface area contributed by atoms with Gasteiger partial charge in [-0.2, -0.15) is 0 Å². The lowest BCUT2D eigenvalue weighted by Gasteiger charge is -2.35. The van der Waals surface area contributed by atoms with Crippen molar-refractivity contribution < 1.29 is 9.18 Å². The lowest BCUT2D eigenvalue weighted by Crippen LogP contribution is -2.48. The molecular weight excluding hydrogens is 349 g/mol. The molecule has 0 saturated carbocycles. The van der Waals surface area contributed by atoms with Gasteiger partial charge in [-0.1, -0.05) is 12.1 Å². The fraction of sp³-hybridized carbons (Fsp3) is 0.500. The molecule has 1 N–H and O–H groups in total. The molecule has 2 aliphatic rings. The van der Waals surface area contributed by atoms with Crippen LogP contribution in [0.5, 0.6) is 0 Å². The molecule has 138 valence electrons. The molecule has 2 atom stereocenters. The minimum atomic E-state index is -0.238. The number of halogens is 1. The average Bonchev–Trinajstić information content (AvgIpc) is 3.17. The van der Waals surface area contributed by atoms with Crippen LogP contribution in [0.1, 0.15) is 51.6 Å². The number of aryl methyl sites for hydroxylation is 1. The minimum Gasteiger partial charge on any atom is -0.338 e. The molecule has 3 heterocycles. The predicted octanol–water partition coefficient (Wildman–Crippen LogP) is 3.54. The molecule has 26 heavy (non-hydrogen) atoms. The van der Waals surface area contributed by atoms with Gasteiger partial charge in [0.25, 0.3) is 5.91 Å². The molecule has 1 amide bonds. The number of amides is 1. The molecule has 6 heteroatoms. The van der Waals surface area contributed by atoms with Gasteiger partial charge in [0.15, 0.2) is 0 Å². The van der Waals surface area contributed by atoms with Gasteiger partial charge in [0.2, 0.25) is 0 Å². The number of nitrogens with one attached hydrogen (secondary N) is 1. The van der Waals surface area contributed by atoms with Crippen LogP contribution in [0.25, 0.3) is 0 Å². The van der Waals surface area contributed by atoms with Gasteiger partial charge in [-0.25, -0.2) is 9.37 Å². The second-order valence-electron chi connectivity index (χ2n) is 7.50. The van der Waals surface area contributed by atoms with Gasteiger partial charge in [-0.3, -0.25) is 4.79 Å². The van der Waals surface area contributed by atoms with Gasteiger partial charge < -0.3 is 10.2 Å². The van der Waals surface area contributed by atoms with E-state index in [1.54, 1.807) is 12.1 Å². The number of thiazole rings is 1. The van der Waals surface area contributed by atoms with Crippen LogP contribution in [0.3, 0.4) is 0 Å². The number of rotatable bonds is 4. The molecule has 0 radical (unpaired) electrons. The summed E-state index contributed by atoms with van der Waals surface area (Å²) in [4.78, 5) is 20.3. The number of carbonyl (C=O) groups is 1. The van der Waals surface area contributed by atoms with Gasteiger partial charge in [-0.05, 0) is 50.3 Å². The topological polar surface area (TPSA) is 45.2 Å². The number of aromatic nitrogens is 1. The summed E-state index contributed by atoms with van der Waals surface area (Å²) in [6.45, 7) is 1.90. The Morgan fingerprint density at radius 3 is 2.58 bits per heavy atom. The lowest BCUT2D eigenvalue weighted by atomic mass is 9.98. The first-order valence-corrected chi connectivity index (χ1v) is 10.0. The van der Waals surface area contributed by atoms with Crippen LogP contribution < -0.4 is 5.32 Å². The summed E-state index contributed by atoms with van der Waals surface area (Å²) < 4.78 is 13.1. The first kappa shape index (κ1) is 17.6. The number of benzene rings is 1. The van der Waals surface area contributed by atoms with E-state index >= 15 is 0 Å². The third kappa shape index (κ3) is 3.53. The first-order chi connectivity index (χ1) is 12.5. The molecule has 1 aromatic carbocycles. The highest BCUT2D eigenvalue weighted by Gasteiger charge is 2.37. The number of hydrogen-bond donors (Lipinski definition) is 1. The van der Waals surface area contributed by atoms with Crippen molar-refractivity contribution >= 4 is 17.2 Å². The van der Waals surface area contributed by atoms with E-state index in [-0.39, 0.29) is 11.7 Å². The van der Waals surface area contributed by atoms with Crippen molar-refractivity contribution in [3.05, 3.63) is 51.2 Å². The zero-order valence-corrected chi connectivity index (χ0v) is 16.0. The molecule has 2 fully saturated rings. The Kier molecular flexibility index (Phi) is 4.80. The van der Waals surface area contributed by atoms with Crippen molar-refractivity contribution in [1.29, 1.82) is 0 Å². The van der Waals surface area contributed by atoms with Gasteiger partial charge in [0.05, 0.1) is 10.7 Å². The summed E-state index contributed by atoms with van der Waals surface area (Å²) in [5, 5.41) is 4.53. The second-order valence-corrected chi connectivity index (χ2v) is 8.59. The minimum absolute atomic E-state index is 0.0802. The van der Waals surface area contributed by atoms with Gasteiger partial charge >= 0.3 is 0 Å². The number of nitrogens with zero attached hydrogens (tertiary/aromatic N) is 2. The molecular formula is C20H24FN3OS. The van der Waals surface area contributed by atoms with Crippen molar-refractivity contribution in [2.24, 2.45) is 0 Å². The normalized spacial score (nSPS) is 24.7. The van der Waals surface area contributed by atoms with Crippen LogP contribution in [0, 0.1) is 12.7 Å². The maximum absolute atomic E-state index is 13.1. The van der Waals surface area contributed by atoms with Crippen molar-refractivity contribution in [1.82, 2.24) is 15.2 Å². The summed E-state index contributed by atoms with van der Waals surface area (Å²) in [6, 6.07) is 7.89. The molecule has 0 spiro atoms. The predicted molar refractivity (Wildman–Crippen MR) is 101 cm³/mol. The SMILES string of the molecule is Cc1nc(Cc2ccc(F)cc2)sc1C(=O)N(C)C1CC2CCC(C1)N2. The molecule has 1 aromatic heterocycles. The van der Waals surface area contributed by atoms with Gasteiger partial charge in [0.1, 0.15) is 10.7 Å². The molecule has 4 nitrogen and oxygen atoms in total. The monoisotopic (exact) mass is 373 g/mol. The largest absolute Gasteiger partial charge is 0.338 e. The number of piperidine rings is 1. The van der Waals surface area contributed by atoms with E-state index in [0.29, 0.717) is 24.5 Å². The lowest BCUT2D eigenvalue weighted by molar-refractivity contribution is 0.0685. The second kappa shape index (κ2) is 7.08. The Morgan fingerprint density at radius 2 is 1.92 bits per heavy atom. The highest BCUT2D eigenvalue weighted by molar-refractivity contribution is 7.13. The first-order valence-electron chi connectivity index (χ1n) is 9.23. The van der Waals surface area contributed by atoms with E-state index in [2.05, 4.69) is 10.3 Å². The number of carbonyl (C=O) groups excluding carboxylic acids is 1. The van der Waals surface area contributed by atoms with E-state index in [9.17, 15) is 9.18 Å². The third-order valence-electron chi connectivity index (χ3n) is 5.62. The molecule has 4 rings (SSSR count). The molecule has 2 aliphatic heterocycles. The Hall–Kier alpha value is -1.79. The Morgan fingerprint density at radius 1 is 1.27 bits per heavy atom. The zero-order chi connectivity index (χ0) is 18.3. The highest BCUT2D eigenvalue weighted by atomic mass is 32.1. The molecule has 2 bridgehead atoms. The fourth-order valence-electron chi connectivity index (χ4n) is 4.17. The van der Waals surface area contributed by atoms with Crippen molar-refractivity contribution in [3.8, 4) is 0 Å². The smallest absolute Gasteiger partial charge is 0.265 e. The Bertz CT molecular complexity index is 792. The molecule has 0 aliphatic carbocycles. The number of fused-ring (bicyclic) bond motifs is 2. The van der Waals surface area contributed by atoms with Crippen LogP contribution in [0.2, 0.25) is 0 Å². The van der Waals surface area contributed by atoms with E-state index in [0.717, 1.165) is 34.0 Å². The van der Waals surface area contributed by atoms with Crippen molar-refractivity contribution in [2.75, 3.05) is 7.05 Å². The van der Waals surface area contributed by atoms with E-state index in [4.69, 9.17) is 0 Å². The summed E-state index contributed by atoms with van der Waals surface area (Å²) >= 11 is 1.46. The van der Waals surface area contributed by atoms with Crippen LogP contribution in [0.4, 0.5) is 4.39 Å². The summed E-state index contributed by atoms with van der Waals surface area (Å²) in [5.74, 6) is -0.158. The van der Waals surface area contributed by atoms with Gasteiger partial charge in [0, 0.05) is 31.6 Å². The zero-order valence-electron chi connectivity index (χ0n) is 15.2. The van der Waals surface area contributed by atoms with Crippen LogP contribution in [-0.4, -0.2) is 41.0 Å². The van der Waals surface area contributed by atoms with Crippen LogP contribution >= 0.6 is 11.3 Å². The van der Waals surface area contributed by atoms with E-state index in [1.807, 2.05) is 18.9 Å². The fourth-order valence-corrected chi connectivity index (χ4v) is 5.25. The highest BCUT2D eigenvalue weighted by Crippen LogP contribution is 2.31. The van der Waals surface area contributed by atoms with Crippen molar-refractivity contribution in [3.63, 3.8) is 0 Å². The van der Waals surface area contributed by atoms with Crippen LogP contribution in [0.15, 0.2) is 24.3 Å². The standard InChI is InChI=1S/C20H24FN3OS/c1-12-19(26-18(22-12)9-13-3-5-14(21)6-4-13)20(25)24(2)17-10-15-7-8-16(11-17)23-15/h3-6,15-17,23H,7-11H2,1-2H3. The van der Waals surface area contributed by atoms with Crippen LogP contribution in [-0.2, 0) is 6.42 Å². The van der Waals surface area contributed by atoms with E-state index < -0.39 is 0 Å². The van der Waals surface area contributed by atoms with Gasteiger partial charge in [-0.15, -0.1) is 11.3 Å². The maximum Gasteiger partial charge on any atom is 0.265 e. The molecule has 2 unspecified atom stereocenters. The quantitative estimate of drug-likeness (QED) is 0.892. The summed E-state index contributed by atoms with van der Waals surface area (Å²) in [6.07, 6.45) is 5.16. The number of hydrogen-bond acceptors (Lipinski definition) is 4.